The van der Waals surface area contributed by atoms with Gasteiger partial charge in [0, 0.05) is 23.5 Å². The highest BCUT2D eigenvalue weighted by atomic mass is 32.2. The van der Waals surface area contributed by atoms with Crippen molar-refractivity contribution in [3.63, 3.8) is 0 Å². The molecule has 2 nitrogen and oxygen atoms in total. The van der Waals surface area contributed by atoms with E-state index in [-0.39, 0.29) is 0 Å². The van der Waals surface area contributed by atoms with Crippen LogP contribution in [-0.2, 0) is 0 Å². The van der Waals surface area contributed by atoms with Crippen LogP contribution in [-0.4, -0.2) is 23.7 Å². The quantitative estimate of drug-likeness (QED) is 0.561. The van der Waals surface area contributed by atoms with E-state index >= 15 is 0 Å². The highest BCUT2D eigenvalue weighted by molar-refractivity contribution is 7.97. The number of hydrogen-bond acceptors (Lipinski definition) is 3. The minimum atomic E-state index is 0.796. The van der Waals surface area contributed by atoms with Crippen LogP contribution in [0.4, 0.5) is 0 Å². The summed E-state index contributed by atoms with van der Waals surface area (Å²) in [6.07, 6.45) is 3.48. The lowest BCUT2D eigenvalue weighted by molar-refractivity contribution is 0.112. The largest absolute Gasteiger partial charge is 0.298 e. The Kier molecular flexibility index (Phi) is 3.22. The van der Waals surface area contributed by atoms with Gasteiger partial charge in [0.2, 0.25) is 0 Å². The van der Waals surface area contributed by atoms with E-state index in [1.165, 1.54) is 12.8 Å². The fourth-order valence-electron chi connectivity index (χ4n) is 1.58. The zero-order valence-electron chi connectivity index (χ0n) is 7.98. The Morgan fingerprint density at radius 2 is 1.93 bits per heavy atom. The first-order valence-electron chi connectivity index (χ1n) is 4.87. The number of aldehydes is 1. The highest BCUT2D eigenvalue weighted by Gasteiger charge is 2.13. The SMILES string of the molecule is O=Cc1ccccc1SN1CCCC1. The van der Waals surface area contributed by atoms with Crippen LogP contribution in [0.25, 0.3) is 0 Å². The van der Waals surface area contributed by atoms with Gasteiger partial charge in [0.05, 0.1) is 0 Å². The van der Waals surface area contributed by atoms with E-state index in [2.05, 4.69) is 4.31 Å². The van der Waals surface area contributed by atoms with Crippen molar-refractivity contribution < 1.29 is 4.79 Å². The van der Waals surface area contributed by atoms with E-state index < -0.39 is 0 Å². The Labute approximate surface area is 88.4 Å². The first-order valence-corrected chi connectivity index (χ1v) is 5.64. The third kappa shape index (κ3) is 2.16. The summed E-state index contributed by atoms with van der Waals surface area (Å²) in [6.45, 7) is 2.27. The lowest BCUT2D eigenvalue weighted by Gasteiger charge is -2.13. The monoisotopic (exact) mass is 207 g/mol. The minimum absolute atomic E-state index is 0.796. The summed E-state index contributed by atoms with van der Waals surface area (Å²) in [5.74, 6) is 0. The molecule has 1 aromatic carbocycles. The molecule has 0 saturated carbocycles. The minimum Gasteiger partial charge on any atom is -0.298 e. The summed E-state index contributed by atoms with van der Waals surface area (Å²) in [5, 5.41) is 0. The molecule has 0 radical (unpaired) electrons. The average molecular weight is 207 g/mol. The second kappa shape index (κ2) is 4.62. The van der Waals surface area contributed by atoms with E-state index in [9.17, 15) is 4.79 Å². The molecule has 0 atom stereocenters. The molecule has 1 saturated heterocycles. The van der Waals surface area contributed by atoms with Crippen molar-refractivity contribution in [2.75, 3.05) is 13.1 Å². The van der Waals surface area contributed by atoms with E-state index in [1.807, 2.05) is 24.3 Å². The van der Waals surface area contributed by atoms with Crippen LogP contribution in [0.5, 0.6) is 0 Å². The average Bonchev–Trinajstić information content (AvgIpc) is 2.71. The van der Waals surface area contributed by atoms with Crippen LogP contribution < -0.4 is 0 Å². The molecule has 1 heterocycles. The van der Waals surface area contributed by atoms with Crippen LogP contribution in [0.15, 0.2) is 29.2 Å². The first kappa shape index (κ1) is 9.74. The molecule has 0 aromatic heterocycles. The Balaban J connectivity index is 2.10. The summed E-state index contributed by atoms with van der Waals surface area (Å²) in [4.78, 5) is 11.8. The van der Waals surface area contributed by atoms with Crippen LogP contribution in [0.2, 0.25) is 0 Å². The summed E-state index contributed by atoms with van der Waals surface area (Å²) >= 11 is 1.70. The predicted molar refractivity (Wildman–Crippen MR) is 58.5 cm³/mol. The second-order valence-corrected chi connectivity index (χ2v) is 4.52. The number of carbonyl (C=O) groups is 1. The van der Waals surface area contributed by atoms with Gasteiger partial charge in [-0.3, -0.25) is 4.79 Å². The van der Waals surface area contributed by atoms with Gasteiger partial charge in [-0.25, -0.2) is 4.31 Å². The molecule has 14 heavy (non-hydrogen) atoms. The molecule has 0 spiro atoms. The number of hydrogen-bond donors (Lipinski definition) is 0. The van der Waals surface area contributed by atoms with Crippen molar-refractivity contribution in [3.8, 4) is 0 Å². The molecule has 0 unspecified atom stereocenters. The van der Waals surface area contributed by atoms with E-state index in [1.54, 1.807) is 11.9 Å². The molecule has 0 N–H and O–H groups in total. The van der Waals surface area contributed by atoms with Crippen molar-refractivity contribution in [2.24, 2.45) is 0 Å². The lowest BCUT2D eigenvalue weighted by atomic mass is 10.2. The standard InChI is InChI=1S/C11H13NOS/c13-9-10-5-1-2-6-11(10)14-12-7-3-4-8-12/h1-2,5-6,9H,3-4,7-8H2. The molecular weight excluding hydrogens is 194 g/mol. The maximum Gasteiger partial charge on any atom is 0.151 e. The molecule has 0 bridgehead atoms. The van der Waals surface area contributed by atoms with Gasteiger partial charge in [-0.2, -0.15) is 0 Å². The van der Waals surface area contributed by atoms with Gasteiger partial charge in [0.1, 0.15) is 0 Å². The van der Waals surface area contributed by atoms with Gasteiger partial charge >= 0.3 is 0 Å². The summed E-state index contributed by atoms with van der Waals surface area (Å²) in [5.41, 5.74) is 0.796. The molecule has 1 fully saturated rings. The molecule has 0 aliphatic carbocycles. The zero-order valence-corrected chi connectivity index (χ0v) is 8.80. The first-order chi connectivity index (χ1) is 6.90. The van der Waals surface area contributed by atoms with Crippen molar-refractivity contribution in [1.29, 1.82) is 0 Å². The molecule has 3 heteroatoms. The maximum absolute atomic E-state index is 10.8. The highest BCUT2D eigenvalue weighted by Crippen LogP contribution is 2.28. The summed E-state index contributed by atoms with van der Waals surface area (Å²) in [7, 11) is 0. The van der Waals surface area contributed by atoms with Crippen molar-refractivity contribution in [1.82, 2.24) is 4.31 Å². The number of benzene rings is 1. The molecule has 1 aromatic rings. The van der Waals surface area contributed by atoms with Gasteiger partial charge in [-0.15, -0.1) is 0 Å². The van der Waals surface area contributed by atoms with E-state index in [4.69, 9.17) is 0 Å². The maximum atomic E-state index is 10.8. The predicted octanol–water partition coefficient (Wildman–Crippen LogP) is 2.60. The molecule has 1 aliphatic rings. The summed E-state index contributed by atoms with van der Waals surface area (Å²) < 4.78 is 2.32. The molecular formula is C11H13NOS. The van der Waals surface area contributed by atoms with Crippen molar-refractivity contribution in [2.45, 2.75) is 17.7 Å². The van der Waals surface area contributed by atoms with E-state index in [0.29, 0.717) is 0 Å². The second-order valence-electron chi connectivity index (χ2n) is 3.38. The van der Waals surface area contributed by atoms with Gasteiger partial charge in [-0.1, -0.05) is 18.2 Å². The van der Waals surface area contributed by atoms with Crippen molar-refractivity contribution in [3.05, 3.63) is 29.8 Å². The molecule has 74 valence electrons. The van der Waals surface area contributed by atoms with Gasteiger partial charge in [-0.05, 0) is 30.9 Å². The number of nitrogens with zero attached hydrogens (tertiary/aromatic N) is 1. The number of carbonyl (C=O) groups excluding carboxylic acids is 1. The fraction of sp³-hybridized carbons (Fsp3) is 0.364. The Hall–Kier alpha value is -0.800. The third-order valence-electron chi connectivity index (χ3n) is 2.34. The Bertz CT molecular complexity index is 321. The van der Waals surface area contributed by atoms with Gasteiger partial charge in [0.25, 0.3) is 0 Å². The van der Waals surface area contributed by atoms with Crippen LogP contribution in [0, 0.1) is 0 Å². The smallest absolute Gasteiger partial charge is 0.151 e. The van der Waals surface area contributed by atoms with Crippen LogP contribution >= 0.6 is 11.9 Å². The molecule has 1 aliphatic heterocycles. The zero-order chi connectivity index (χ0) is 9.80. The third-order valence-corrected chi connectivity index (χ3v) is 3.53. The summed E-state index contributed by atoms with van der Waals surface area (Å²) in [6, 6.07) is 7.75. The number of rotatable bonds is 3. The van der Waals surface area contributed by atoms with E-state index in [0.717, 1.165) is 29.8 Å². The van der Waals surface area contributed by atoms with Gasteiger partial charge in [0.15, 0.2) is 6.29 Å². The van der Waals surface area contributed by atoms with Crippen LogP contribution in [0.3, 0.4) is 0 Å². The normalized spacial score (nSPS) is 17.1. The molecule has 2 rings (SSSR count). The van der Waals surface area contributed by atoms with Crippen molar-refractivity contribution >= 4 is 18.2 Å². The fourth-order valence-corrected chi connectivity index (χ4v) is 2.66. The molecule has 0 amide bonds. The van der Waals surface area contributed by atoms with Crippen LogP contribution in [0.1, 0.15) is 23.2 Å². The Morgan fingerprint density at radius 3 is 2.64 bits per heavy atom. The Morgan fingerprint density at radius 1 is 1.21 bits per heavy atom. The van der Waals surface area contributed by atoms with Gasteiger partial charge < -0.3 is 0 Å². The topological polar surface area (TPSA) is 20.3 Å². The lowest BCUT2D eigenvalue weighted by Crippen LogP contribution is -2.09.